The van der Waals surface area contributed by atoms with Crippen LogP contribution in [0.1, 0.15) is 6.23 Å². The fraction of sp³-hybridized carbons (Fsp3) is 0.333. The van der Waals surface area contributed by atoms with Gasteiger partial charge in [-0.25, -0.2) is 9.97 Å². The number of ether oxygens (including phenoxy) is 1. The smallest absolute Gasteiger partial charge is 0.384 e. The van der Waals surface area contributed by atoms with Crippen LogP contribution in [-0.4, -0.2) is 52.8 Å². The van der Waals surface area contributed by atoms with Gasteiger partial charge in [0.2, 0.25) is 5.57 Å². The summed E-state index contributed by atoms with van der Waals surface area (Å²) < 4.78 is 30.9. The van der Waals surface area contributed by atoms with Gasteiger partial charge in [-0.05, 0) is 12.1 Å². The zero-order valence-corrected chi connectivity index (χ0v) is 12.9. The van der Waals surface area contributed by atoms with E-state index in [1.807, 2.05) is 0 Å². The molecule has 2 aromatic heterocycles. The van der Waals surface area contributed by atoms with Crippen LogP contribution in [0.4, 0.5) is 10.1 Å². The topological polar surface area (TPSA) is 164 Å². The maximum atomic E-state index is 13.4. The Balaban J connectivity index is 1.95. The maximum Gasteiger partial charge on any atom is 0.384 e. The number of hydrogen-bond donors (Lipinski definition) is 5. The van der Waals surface area contributed by atoms with E-state index in [0.29, 0.717) is 17.3 Å². The summed E-state index contributed by atoms with van der Waals surface area (Å²) in [6.07, 6.45) is -2.63. The van der Waals surface area contributed by atoms with Gasteiger partial charge in [-0.1, -0.05) is 0 Å². The van der Waals surface area contributed by atoms with E-state index in [-0.39, 0.29) is 5.65 Å². The van der Waals surface area contributed by atoms with E-state index in [4.69, 9.17) is 20.3 Å². The Bertz CT molecular complexity index is 851. The predicted octanol–water partition coefficient (Wildman–Crippen LogP) is -0.379. The average molecular weight is 360 g/mol. The Morgan fingerprint density at radius 2 is 2.08 bits per heavy atom. The standard InChI is InChI=1S/C12H14FN4O6P/c13-7(24(20,21)22)3-6-9(18)10(19)12(23-6)17-4-16-8-5(14)1-2-15-11(8)17/h1-4,6,9-10,12,18-19H,(H2,14,15)(H2,20,21,22)/b7-3+/t6-,9-,10-,12-/m1/s1. The van der Waals surface area contributed by atoms with Crippen molar-refractivity contribution in [3.8, 4) is 0 Å². The quantitative estimate of drug-likeness (QED) is 0.459. The van der Waals surface area contributed by atoms with Gasteiger partial charge in [0.05, 0.1) is 12.0 Å². The number of nitrogens with zero attached hydrogens (tertiary/aromatic N) is 3. The molecule has 0 aromatic carbocycles. The molecule has 4 atom stereocenters. The second-order valence-corrected chi connectivity index (χ2v) is 6.75. The summed E-state index contributed by atoms with van der Waals surface area (Å²) in [4.78, 5) is 25.6. The number of rotatable bonds is 3. The highest BCUT2D eigenvalue weighted by Gasteiger charge is 2.44. The number of aliphatic hydroxyl groups excluding tert-OH is 2. The molecule has 1 aliphatic rings. The van der Waals surface area contributed by atoms with Crippen molar-refractivity contribution in [2.45, 2.75) is 24.5 Å². The van der Waals surface area contributed by atoms with E-state index in [0.717, 1.165) is 0 Å². The molecule has 1 saturated heterocycles. The lowest BCUT2D eigenvalue weighted by Gasteiger charge is -2.16. The van der Waals surface area contributed by atoms with Crippen LogP contribution in [-0.2, 0) is 9.30 Å². The molecular weight excluding hydrogens is 346 g/mol. The largest absolute Gasteiger partial charge is 0.397 e. The van der Waals surface area contributed by atoms with E-state index in [9.17, 15) is 19.2 Å². The van der Waals surface area contributed by atoms with Crippen LogP contribution >= 0.6 is 7.60 Å². The Kier molecular flexibility index (Phi) is 4.16. The second-order valence-electron chi connectivity index (χ2n) is 5.23. The van der Waals surface area contributed by atoms with Crippen LogP contribution in [0.2, 0.25) is 0 Å². The lowest BCUT2D eigenvalue weighted by atomic mass is 10.1. The number of aliphatic hydroxyl groups is 2. The molecule has 0 bridgehead atoms. The van der Waals surface area contributed by atoms with Gasteiger partial charge < -0.3 is 30.5 Å². The minimum absolute atomic E-state index is 0.270. The zero-order chi connectivity index (χ0) is 17.6. The first kappa shape index (κ1) is 17.0. The number of nitrogen functional groups attached to an aromatic ring is 1. The molecule has 0 amide bonds. The van der Waals surface area contributed by atoms with Gasteiger partial charge in [0, 0.05) is 6.20 Å². The van der Waals surface area contributed by atoms with Crippen molar-refractivity contribution in [1.29, 1.82) is 0 Å². The molecule has 0 spiro atoms. The van der Waals surface area contributed by atoms with Crippen LogP contribution in [0.25, 0.3) is 11.2 Å². The number of pyridine rings is 1. The molecule has 0 unspecified atom stereocenters. The molecular formula is C12H14FN4O6P. The minimum atomic E-state index is -5.11. The third-order valence-electron chi connectivity index (χ3n) is 3.62. The summed E-state index contributed by atoms with van der Waals surface area (Å²) in [5, 5.41) is 20.1. The monoisotopic (exact) mass is 360 g/mol. The first-order chi connectivity index (χ1) is 11.2. The average Bonchev–Trinajstić information content (AvgIpc) is 3.04. The summed E-state index contributed by atoms with van der Waals surface area (Å²) >= 11 is 0. The Hall–Kier alpha value is -1.88. The van der Waals surface area contributed by atoms with Gasteiger partial charge in [-0.3, -0.25) is 9.13 Å². The second kappa shape index (κ2) is 5.88. The zero-order valence-electron chi connectivity index (χ0n) is 12.0. The SMILES string of the molecule is Nc1ccnc2c1ncn2[C@@H]1O[C@H](/C=C(\F)P(=O)(O)O)[C@@H](O)[C@H]1O. The highest BCUT2D eigenvalue weighted by atomic mass is 31.2. The van der Waals surface area contributed by atoms with E-state index < -0.39 is 37.7 Å². The fourth-order valence-electron chi connectivity index (χ4n) is 2.43. The number of nitrogens with two attached hydrogens (primary N) is 1. The molecule has 3 rings (SSSR count). The van der Waals surface area contributed by atoms with Crippen molar-refractivity contribution in [1.82, 2.24) is 14.5 Å². The van der Waals surface area contributed by atoms with Crippen molar-refractivity contribution in [3.05, 3.63) is 30.2 Å². The minimum Gasteiger partial charge on any atom is -0.397 e. The molecule has 24 heavy (non-hydrogen) atoms. The van der Waals surface area contributed by atoms with Crippen LogP contribution in [0.15, 0.2) is 30.2 Å². The highest BCUT2D eigenvalue weighted by Crippen LogP contribution is 2.46. The van der Waals surface area contributed by atoms with Crippen LogP contribution in [0, 0.1) is 0 Å². The van der Waals surface area contributed by atoms with Crippen LogP contribution in [0.5, 0.6) is 0 Å². The van der Waals surface area contributed by atoms with Crippen molar-refractivity contribution in [3.63, 3.8) is 0 Å². The van der Waals surface area contributed by atoms with Gasteiger partial charge in [0.15, 0.2) is 11.9 Å². The number of fused-ring (bicyclic) bond motifs is 1. The molecule has 1 aliphatic heterocycles. The van der Waals surface area contributed by atoms with Crippen molar-refractivity contribution >= 4 is 24.4 Å². The van der Waals surface area contributed by atoms with Crippen LogP contribution < -0.4 is 5.73 Å². The summed E-state index contributed by atoms with van der Waals surface area (Å²) in [6.45, 7) is 0. The molecule has 12 heteroatoms. The molecule has 10 nitrogen and oxygen atoms in total. The van der Waals surface area contributed by atoms with Crippen molar-refractivity contribution < 1.29 is 33.7 Å². The molecule has 6 N–H and O–H groups in total. The third kappa shape index (κ3) is 2.81. The normalized spacial score (nSPS) is 28.6. The Morgan fingerprint density at radius 3 is 2.75 bits per heavy atom. The predicted molar refractivity (Wildman–Crippen MR) is 79.1 cm³/mol. The van der Waals surface area contributed by atoms with Gasteiger partial charge in [0.25, 0.3) is 0 Å². The number of aromatic nitrogens is 3. The molecule has 0 radical (unpaired) electrons. The van der Waals surface area contributed by atoms with E-state index >= 15 is 0 Å². The number of imidazole rings is 1. The molecule has 3 heterocycles. The summed E-state index contributed by atoms with van der Waals surface area (Å²) in [6, 6.07) is 1.53. The van der Waals surface area contributed by atoms with E-state index in [2.05, 4.69) is 9.97 Å². The van der Waals surface area contributed by atoms with Gasteiger partial charge >= 0.3 is 7.60 Å². The lowest BCUT2D eigenvalue weighted by molar-refractivity contribution is -0.0246. The number of halogens is 1. The highest BCUT2D eigenvalue weighted by molar-refractivity contribution is 7.56. The summed E-state index contributed by atoms with van der Waals surface area (Å²) in [5.74, 6) is 0. The fourth-order valence-corrected chi connectivity index (χ4v) is 2.77. The van der Waals surface area contributed by atoms with Crippen LogP contribution in [0.3, 0.4) is 0 Å². The molecule has 130 valence electrons. The van der Waals surface area contributed by atoms with Gasteiger partial charge in [-0.15, -0.1) is 0 Å². The van der Waals surface area contributed by atoms with Crippen molar-refractivity contribution in [2.24, 2.45) is 0 Å². The molecule has 1 fully saturated rings. The van der Waals surface area contributed by atoms with E-state index in [1.54, 1.807) is 0 Å². The Morgan fingerprint density at radius 1 is 1.38 bits per heavy atom. The first-order valence-electron chi connectivity index (χ1n) is 6.72. The molecule has 0 aliphatic carbocycles. The first-order valence-corrected chi connectivity index (χ1v) is 8.33. The third-order valence-corrected chi connectivity index (χ3v) is 4.33. The molecule has 0 saturated carbocycles. The van der Waals surface area contributed by atoms with E-state index in [1.165, 1.54) is 23.2 Å². The summed E-state index contributed by atoms with van der Waals surface area (Å²) in [5.41, 5.74) is 4.97. The Labute approximate surface area is 134 Å². The van der Waals surface area contributed by atoms with Gasteiger partial charge in [0.1, 0.15) is 23.8 Å². The van der Waals surface area contributed by atoms with Gasteiger partial charge in [-0.2, -0.15) is 4.39 Å². The lowest BCUT2D eigenvalue weighted by Crippen LogP contribution is -2.30. The summed E-state index contributed by atoms with van der Waals surface area (Å²) in [7, 11) is -5.11. The maximum absolute atomic E-state index is 13.4. The molecule has 2 aromatic rings. The number of anilines is 1. The number of hydrogen-bond acceptors (Lipinski definition) is 7. The van der Waals surface area contributed by atoms with Crippen molar-refractivity contribution in [2.75, 3.05) is 5.73 Å².